The van der Waals surface area contributed by atoms with Gasteiger partial charge in [0.1, 0.15) is 0 Å². The van der Waals surface area contributed by atoms with Crippen LogP contribution in [0, 0.1) is 0 Å². The molecular weight excluding hydrogens is 288 g/mol. The van der Waals surface area contributed by atoms with Gasteiger partial charge in [0.2, 0.25) is 5.96 Å². The van der Waals surface area contributed by atoms with Crippen molar-refractivity contribution in [3.05, 3.63) is 59.4 Å². The Hall–Kier alpha value is -2.69. The summed E-state index contributed by atoms with van der Waals surface area (Å²) in [6.45, 7) is 1.23. The number of rotatable bonds is 2. The lowest BCUT2D eigenvalue weighted by Crippen LogP contribution is -2.38. The van der Waals surface area contributed by atoms with Crippen LogP contribution >= 0.6 is 0 Å². The fourth-order valence-corrected chi connectivity index (χ4v) is 3.25. The molecule has 1 aromatic heterocycles. The number of carbonyl (C=O) groups is 1. The number of fused-ring (bicyclic) bond motifs is 1. The Balaban J connectivity index is 1.57. The number of nitrogens with one attached hydrogen (secondary N) is 1. The number of hydrogen-bond donors (Lipinski definition) is 1. The number of aryl methyl sites for hydroxylation is 1. The van der Waals surface area contributed by atoms with E-state index in [1.165, 1.54) is 17.5 Å². The van der Waals surface area contributed by atoms with Crippen molar-refractivity contribution in [3.8, 4) is 0 Å². The summed E-state index contributed by atoms with van der Waals surface area (Å²) in [6, 6.07) is 9.87. The van der Waals surface area contributed by atoms with Crippen LogP contribution in [0.4, 0.5) is 5.69 Å². The van der Waals surface area contributed by atoms with Gasteiger partial charge >= 0.3 is 0 Å². The Morgan fingerprint density at radius 1 is 1.17 bits per heavy atom. The molecule has 5 nitrogen and oxygen atoms in total. The maximum absolute atomic E-state index is 12.6. The van der Waals surface area contributed by atoms with Gasteiger partial charge in [-0.2, -0.15) is 0 Å². The van der Waals surface area contributed by atoms with E-state index in [1.54, 1.807) is 29.4 Å². The van der Waals surface area contributed by atoms with Crippen molar-refractivity contribution in [2.45, 2.75) is 19.3 Å². The summed E-state index contributed by atoms with van der Waals surface area (Å²) in [5.74, 6) is 0.577. The number of aliphatic imine (C=N–C) groups is 1. The van der Waals surface area contributed by atoms with Crippen LogP contribution in [-0.2, 0) is 12.8 Å². The highest BCUT2D eigenvalue weighted by Gasteiger charge is 2.26. The first kappa shape index (κ1) is 13.9. The topological polar surface area (TPSA) is 57.6 Å². The van der Waals surface area contributed by atoms with Crippen LogP contribution in [-0.4, -0.2) is 34.8 Å². The summed E-state index contributed by atoms with van der Waals surface area (Å²) < 4.78 is 0. The van der Waals surface area contributed by atoms with Crippen molar-refractivity contribution in [3.63, 3.8) is 0 Å². The smallest absolute Gasteiger partial charge is 0.262 e. The summed E-state index contributed by atoms with van der Waals surface area (Å²) in [6.07, 6.45) is 6.68. The van der Waals surface area contributed by atoms with Crippen molar-refractivity contribution < 1.29 is 4.79 Å². The molecule has 116 valence electrons. The number of benzene rings is 1. The summed E-state index contributed by atoms with van der Waals surface area (Å²) in [5, 5.41) is 3.38. The summed E-state index contributed by atoms with van der Waals surface area (Å²) >= 11 is 0. The molecule has 0 atom stereocenters. The van der Waals surface area contributed by atoms with Gasteiger partial charge in [0, 0.05) is 24.6 Å². The number of anilines is 1. The van der Waals surface area contributed by atoms with E-state index in [9.17, 15) is 4.79 Å². The van der Waals surface area contributed by atoms with Gasteiger partial charge in [-0.3, -0.25) is 19.7 Å². The summed E-state index contributed by atoms with van der Waals surface area (Å²) in [5.41, 5.74) is 4.42. The van der Waals surface area contributed by atoms with E-state index >= 15 is 0 Å². The van der Waals surface area contributed by atoms with Crippen LogP contribution < -0.4 is 5.32 Å². The van der Waals surface area contributed by atoms with Crippen LogP contribution in [0.2, 0.25) is 0 Å². The first-order chi connectivity index (χ1) is 11.3. The molecule has 0 saturated carbocycles. The van der Waals surface area contributed by atoms with Gasteiger partial charge in [-0.05, 0) is 48.6 Å². The zero-order valence-corrected chi connectivity index (χ0v) is 12.8. The van der Waals surface area contributed by atoms with E-state index in [1.807, 2.05) is 0 Å². The minimum Gasteiger partial charge on any atom is -0.326 e. The van der Waals surface area contributed by atoms with Gasteiger partial charge in [0.05, 0.1) is 12.1 Å². The van der Waals surface area contributed by atoms with E-state index in [0.717, 1.165) is 18.5 Å². The normalized spacial score (nSPS) is 16.2. The van der Waals surface area contributed by atoms with Gasteiger partial charge in [-0.25, -0.2) is 0 Å². The fraction of sp³-hybridized carbons (Fsp3) is 0.278. The Labute approximate surface area is 135 Å². The van der Waals surface area contributed by atoms with Crippen molar-refractivity contribution in [2.75, 3.05) is 18.4 Å². The molecule has 2 aromatic rings. The molecule has 0 radical (unpaired) electrons. The van der Waals surface area contributed by atoms with Crippen LogP contribution in [0.25, 0.3) is 0 Å². The maximum atomic E-state index is 12.6. The third-order valence-corrected chi connectivity index (χ3v) is 4.39. The van der Waals surface area contributed by atoms with Crippen LogP contribution in [0.1, 0.15) is 27.9 Å². The summed E-state index contributed by atoms with van der Waals surface area (Å²) in [7, 11) is 0. The van der Waals surface area contributed by atoms with Crippen molar-refractivity contribution in [2.24, 2.45) is 4.99 Å². The Bertz CT molecular complexity index is 770. The fourth-order valence-electron chi connectivity index (χ4n) is 3.25. The van der Waals surface area contributed by atoms with Crippen molar-refractivity contribution in [1.29, 1.82) is 0 Å². The molecule has 1 aliphatic carbocycles. The molecule has 1 amide bonds. The molecule has 2 heterocycles. The molecule has 1 N–H and O–H groups in total. The molecule has 0 saturated heterocycles. The minimum atomic E-state index is -0.0607. The van der Waals surface area contributed by atoms with Gasteiger partial charge in [0.25, 0.3) is 5.91 Å². The first-order valence-electron chi connectivity index (χ1n) is 7.97. The van der Waals surface area contributed by atoms with Crippen molar-refractivity contribution >= 4 is 17.6 Å². The zero-order valence-electron chi connectivity index (χ0n) is 12.8. The van der Waals surface area contributed by atoms with Gasteiger partial charge < -0.3 is 5.32 Å². The molecule has 0 bridgehead atoms. The number of carbonyl (C=O) groups excluding carboxylic acids is 1. The second-order valence-corrected chi connectivity index (χ2v) is 5.83. The maximum Gasteiger partial charge on any atom is 0.262 e. The average molecular weight is 306 g/mol. The SMILES string of the molecule is O=C(c1cccnc1)N1CCN=C1Nc1cccc2c1CCC2. The lowest BCUT2D eigenvalue weighted by molar-refractivity contribution is 0.0857. The second-order valence-electron chi connectivity index (χ2n) is 5.83. The predicted molar refractivity (Wildman–Crippen MR) is 89.7 cm³/mol. The highest BCUT2D eigenvalue weighted by atomic mass is 16.2. The van der Waals surface area contributed by atoms with E-state index in [2.05, 4.69) is 33.5 Å². The third-order valence-electron chi connectivity index (χ3n) is 4.39. The molecule has 1 aromatic carbocycles. The zero-order chi connectivity index (χ0) is 15.6. The molecule has 4 rings (SSSR count). The van der Waals surface area contributed by atoms with Gasteiger partial charge in [-0.1, -0.05) is 12.1 Å². The Kier molecular flexibility index (Phi) is 3.54. The number of nitrogens with zero attached hydrogens (tertiary/aromatic N) is 3. The molecular formula is C18H18N4O. The van der Waals surface area contributed by atoms with Crippen LogP contribution in [0.15, 0.2) is 47.7 Å². The van der Waals surface area contributed by atoms with Gasteiger partial charge in [0.15, 0.2) is 0 Å². The molecule has 1 aliphatic heterocycles. The minimum absolute atomic E-state index is 0.0607. The quantitative estimate of drug-likeness (QED) is 0.927. The molecule has 0 spiro atoms. The van der Waals surface area contributed by atoms with Gasteiger partial charge in [-0.15, -0.1) is 0 Å². The molecule has 0 fully saturated rings. The number of pyridine rings is 1. The second kappa shape index (κ2) is 5.83. The Morgan fingerprint density at radius 2 is 2.13 bits per heavy atom. The van der Waals surface area contributed by atoms with E-state index in [0.29, 0.717) is 24.6 Å². The van der Waals surface area contributed by atoms with E-state index < -0.39 is 0 Å². The monoisotopic (exact) mass is 306 g/mol. The summed E-state index contributed by atoms with van der Waals surface area (Å²) in [4.78, 5) is 22.8. The number of hydrogen-bond acceptors (Lipinski definition) is 4. The van der Waals surface area contributed by atoms with Crippen molar-refractivity contribution in [1.82, 2.24) is 9.88 Å². The first-order valence-corrected chi connectivity index (χ1v) is 7.97. The average Bonchev–Trinajstić information content (AvgIpc) is 3.24. The number of aromatic nitrogens is 1. The molecule has 5 heteroatoms. The third kappa shape index (κ3) is 2.59. The van der Waals surface area contributed by atoms with E-state index in [4.69, 9.17) is 0 Å². The number of amides is 1. The largest absolute Gasteiger partial charge is 0.326 e. The Morgan fingerprint density at radius 3 is 3.00 bits per heavy atom. The van der Waals surface area contributed by atoms with Crippen LogP contribution in [0.5, 0.6) is 0 Å². The highest BCUT2D eigenvalue weighted by Crippen LogP contribution is 2.29. The highest BCUT2D eigenvalue weighted by molar-refractivity contribution is 6.10. The van der Waals surface area contributed by atoms with Crippen LogP contribution in [0.3, 0.4) is 0 Å². The lowest BCUT2D eigenvalue weighted by Gasteiger charge is -2.20. The molecule has 0 unspecified atom stereocenters. The standard InChI is InChI=1S/C18H18N4O/c23-17(14-6-3-9-19-12-14)22-11-10-20-18(22)21-16-8-2-5-13-4-1-7-15(13)16/h2-3,5-6,8-9,12H,1,4,7,10-11H2,(H,20,21). The predicted octanol–water partition coefficient (Wildman–Crippen LogP) is 2.49. The lowest BCUT2D eigenvalue weighted by atomic mass is 10.1. The van der Waals surface area contributed by atoms with E-state index in [-0.39, 0.29) is 5.91 Å². The molecule has 2 aliphatic rings. The molecule has 23 heavy (non-hydrogen) atoms. The number of guanidine groups is 1.